The van der Waals surface area contributed by atoms with Crippen molar-refractivity contribution in [1.29, 1.82) is 0 Å². The van der Waals surface area contributed by atoms with Gasteiger partial charge in [-0.2, -0.15) is 0 Å². The van der Waals surface area contributed by atoms with E-state index in [1.807, 2.05) is 13.8 Å². The van der Waals surface area contributed by atoms with E-state index in [-0.39, 0.29) is 36.6 Å². The van der Waals surface area contributed by atoms with Gasteiger partial charge < -0.3 is 16.0 Å². The van der Waals surface area contributed by atoms with Gasteiger partial charge in [0.15, 0.2) is 0 Å². The lowest BCUT2D eigenvalue weighted by atomic mass is 10.1. The van der Waals surface area contributed by atoms with E-state index in [1.54, 1.807) is 24.3 Å². The van der Waals surface area contributed by atoms with Crippen LogP contribution in [0.4, 0.5) is 5.69 Å². The Hall–Kier alpha value is -2.37. The molecule has 0 radical (unpaired) electrons. The number of anilines is 1. The molecule has 6 heteroatoms. The highest BCUT2D eigenvalue weighted by Gasteiger charge is 2.27. The maximum absolute atomic E-state index is 12.1. The Morgan fingerprint density at radius 1 is 1.29 bits per heavy atom. The number of benzene rings is 1. The van der Waals surface area contributed by atoms with E-state index >= 15 is 0 Å². The molecule has 0 saturated carbocycles. The average Bonchev–Trinajstić information content (AvgIpc) is 2.53. The van der Waals surface area contributed by atoms with E-state index in [4.69, 9.17) is 0 Å². The maximum Gasteiger partial charge on any atom is 0.254 e. The molecule has 6 nitrogen and oxygen atoms in total. The number of carbonyl (C=O) groups excluding carboxylic acids is 3. The largest absolute Gasteiger partial charge is 0.354 e. The van der Waals surface area contributed by atoms with Crippen molar-refractivity contribution in [2.45, 2.75) is 38.8 Å². The molecule has 0 aromatic heterocycles. The number of fused-ring (bicyclic) bond motifs is 1. The second kappa shape index (κ2) is 6.39. The van der Waals surface area contributed by atoms with Crippen molar-refractivity contribution in [2.24, 2.45) is 0 Å². The third kappa shape index (κ3) is 3.81. The molecule has 1 heterocycles. The molecule has 0 saturated heterocycles. The molecule has 2 rings (SSSR count). The highest BCUT2D eigenvalue weighted by Crippen LogP contribution is 2.19. The first-order chi connectivity index (χ1) is 9.97. The van der Waals surface area contributed by atoms with Gasteiger partial charge in [-0.3, -0.25) is 14.4 Å². The zero-order chi connectivity index (χ0) is 15.4. The normalized spacial score (nSPS) is 17.6. The fourth-order valence-electron chi connectivity index (χ4n) is 2.18. The number of rotatable bonds is 4. The van der Waals surface area contributed by atoms with Crippen molar-refractivity contribution in [2.75, 3.05) is 5.32 Å². The lowest BCUT2D eigenvalue weighted by Crippen LogP contribution is -2.42. The number of nitrogens with one attached hydrogen (secondary N) is 3. The second-order valence-corrected chi connectivity index (χ2v) is 5.32. The van der Waals surface area contributed by atoms with Crippen LogP contribution < -0.4 is 16.0 Å². The minimum absolute atomic E-state index is 0.0549. The summed E-state index contributed by atoms with van der Waals surface area (Å²) in [5.41, 5.74) is 0.925. The highest BCUT2D eigenvalue weighted by molar-refractivity contribution is 6.09. The molecule has 0 bridgehead atoms. The third-order valence-corrected chi connectivity index (χ3v) is 3.16. The Bertz CT molecular complexity index is 569. The summed E-state index contributed by atoms with van der Waals surface area (Å²) in [6.45, 7) is 3.74. The van der Waals surface area contributed by atoms with Crippen LogP contribution in [0.5, 0.6) is 0 Å². The van der Waals surface area contributed by atoms with Crippen LogP contribution in [-0.4, -0.2) is 29.8 Å². The van der Waals surface area contributed by atoms with Crippen molar-refractivity contribution >= 4 is 23.4 Å². The minimum atomic E-state index is -0.706. The first-order valence-corrected chi connectivity index (χ1v) is 6.97. The lowest BCUT2D eigenvalue weighted by Gasteiger charge is -2.15. The van der Waals surface area contributed by atoms with Crippen molar-refractivity contribution in [1.82, 2.24) is 10.6 Å². The zero-order valence-electron chi connectivity index (χ0n) is 12.1. The number of para-hydroxylation sites is 1. The fourth-order valence-corrected chi connectivity index (χ4v) is 2.18. The molecule has 112 valence electrons. The summed E-state index contributed by atoms with van der Waals surface area (Å²) in [5, 5.41) is 8.13. The third-order valence-electron chi connectivity index (χ3n) is 3.16. The Kier molecular flexibility index (Phi) is 4.57. The monoisotopic (exact) mass is 289 g/mol. The standard InChI is InChI=1S/C15H19N3O3/c1-9(2)16-13(19)8-7-12-15(21)17-11-6-4-3-5-10(11)14(20)18-12/h3-6,9,12H,7-8H2,1-2H3,(H,16,19)(H,17,21)(H,18,20)/t12-/m0/s1. The van der Waals surface area contributed by atoms with Gasteiger partial charge in [-0.1, -0.05) is 12.1 Å². The Balaban J connectivity index is 2.02. The van der Waals surface area contributed by atoms with Crippen LogP contribution in [0, 0.1) is 0 Å². The molecule has 1 atom stereocenters. The molecule has 0 unspecified atom stereocenters. The summed E-state index contributed by atoms with van der Waals surface area (Å²) in [6.07, 6.45) is 0.455. The van der Waals surface area contributed by atoms with Gasteiger partial charge in [-0.15, -0.1) is 0 Å². The molecule has 1 aliphatic rings. The minimum Gasteiger partial charge on any atom is -0.354 e. The number of amides is 3. The first kappa shape index (κ1) is 15.0. The summed E-state index contributed by atoms with van der Waals surface area (Å²) < 4.78 is 0. The van der Waals surface area contributed by atoms with Crippen LogP contribution in [0.15, 0.2) is 24.3 Å². The Labute approximate surface area is 123 Å². The first-order valence-electron chi connectivity index (χ1n) is 6.97. The molecule has 0 aliphatic carbocycles. The van der Waals surface area contributed by atoms with E-state index in [9.17, 15) is 14.4 Å². The average molecular weight is 289 g/mol. The van der Waals surface area contributed by atoms with E-state index < -0.39 is 6.04 Å². The zero-order valence-corrected chi connectivity index (χ0v) is 12.1. The van der Waals surface area contributed by atoms with Crippen LogP contribution in [0.1, 0.15) is 37.0 Å². The quantitative estimate of drug-likeness (QED) is 0.774. The topological polar surface area (TPSA) is 87.3 Å². The van der Waals surface area contributed by atoms with Crippen LogP contribution in [0.3, 0.4) is 0 Å². The smallest absolute Gasteiger partial charge is 0.254 e. The lowest BCUT2D eigenvalue weighted by molar-refractivity contribution is -0.122. The molecule has 3 amide bonds. The molecule has 0 spiro atoms. The van der Waals surface area contributed by atoms with Crippen molar-refractivity contribution in [3.8, 4) is 0 Å². The number of carbonyl (C=O) groups is 3. The number of hydrogen-bond donors (Lipinski definition) is 3. The SMILES string of the molecule is CC(C)NC(=O)CC[C@@H]1NC(=O)c2ccccc2NC1=O. The van der Waals surface area contributed by atoms with Gasteiger partial charge in [0.2, 0.25) is 11.8 Å². The van der Waals surface area contributed by atoms with Crippen LogP contribution in [-0.2, 0) is 9.59 Å². The van der Waals surface area contributed by atoms with Gasteiger partial charge in [-0.25, -0.2) is 0 Å². The van der Waals surface area contributed by atoms with Crippen LogP contribution >= 0.6 is 0 Å². The van der Waals surface area contributed by atoms with Gasteiger partial charge in [-0.05, 0) is 32.4 Å². The molecular weight excluding hydrogens is 270 g/mol. The molecule has 0 fully saturated rings. The summed E-state index contributed by atoms with van der Waals surface area (Å²) in [7, 11) is 0. The van der Waals surface area contributed by atoms with Crippen LogP contribution in [0.2, 0.25) is 0 Å². The molecule has 1 aromatic carbocycles. The van der Waals surface area contributed by atoms with Crippen LogP contribution in [0.25, 0.3) is 0 Å². The molecular formula is C15H19N3O3. The van der Waals surface area contributed by atoms with E-state index in [0.29, 0.717) is 11.3 Å². The molecule has 3 N–H and O–H groups in total. The summed E-state index contributed by atoms with van der Waals surface area (Å²) in [6, 6.07) is 6.17. The molecule has 1 aromatic rings. The Morgan fingerprint density at radius 3 is 2.71 bits per heavy atom. The molecule has 21 heavy (non-hydrogen) atoms. The second-order valence-electron chi connectivity index (χ2n) is 5.32. The van der Waals surface area contributed by atoms with Gasteiger partial charge in [0.25, 0.3) is 5.91 Å². The summed E-state index contributed by atoms with van der Waals surface area (Å²) >= 11 is 0. The van der Waals surface area contributed by atoms with Gasteiger partial charge in [0.05, 0.1) is 11.3 Å². The van der Waals surface area contributed by atoms with E-state index in [0.717, 1.165) is 0 Å². The van der Waals surface area contributed by atoms with E-state index in [1.165, 1.54) is 0 Å². The predicted octanol–water partition coefficient (Wildman–Crippen LogP) is 1.04. The maximum atomic E-state index is 12.1. The van der Waals surface area contributed by atoms with Gasteiger partial charge >= 0.3 is 0 Å². The van der Waals surface area contributed by atoms with Crippen molar-refractivity contribution in [3.05, 3.63) is 29.8 Å². The number of hydrogen-bond acceptors (Lipinski definition) is 3. The van der Waals surface area contributed by atoms with Gasteiger partial charge in [0, 0.05) is 12.5 Å². The van der Waals surface area contributed by atoms with Crippen molar-refractivity contribution < 1.29 is 14.4 Å². The summed E-state index contributed by atoms with van der Waals surface area (Å²) in [4.78, 5) is 35.8. The molecule has 1 aliphatic heterocycles. The predicted molar refractivity (Wildman–Crippen MR) is 78.8 cm³/mol. The fraction of sp³-hybridized carbons (Fsp3) is 0.400. The van der Waals surface area contributed by atoms with Gasteiger partial charge in [0.1, 0.15) is 6.04 Å². The van der Waals surface area contributed by atoms with E-state index in [2.05, 4.69) is 16.0 Å². The summed E-state index contributed by atoms with van der Waals surface area (Å²) in [5.74, 6) is -0.738. The Morgan fingerprint density at radius 2 is 2.00 bits per heavy atom. The van der Waals surface area contributed by atoms with Crippen molar-refractivity contribution in [3.63, 3.8) is 0 Å². The highest BCUT2D eigenvalue weighted by atomic mass is 16.2.